The van der Waals surface area contributed by atoms with Gasteiger partial charge in [-0.15, -0.1) is 0 Å². The average molecular weight is 291 g/mol. The summed E-state index contributed by atoms with van der Waals surface area (Å²) in [5.41, 5.74) is 2.21. The van der Waals surface area contributed by atoms with Crippen molar-refractivity contribution in [3.8, 4) is 0 Å². The number of pyridine rings is 1. The van der Waals surface area contributed by atoms with Gasteiger partial charge >= 0.3 is 0 Å². The van der Waals surface area contributed by atoms with E-state index < -0.39 is 0 Å². The van der Waals surface area contributed by atoms with Gasteiger partial charge < -0.3 is 10.1 Å². The van der Waals surface area contributed by atoms with E-state index in [0.717, 1.165) is 48.5 Å². The van der Waals surface area contributed by atoms with E-state index >= 15 is 0 Å². The summed E-state index contributed by atoms with van der Waals surface area (Å²) in [6.45, 7) is 4.65. The number of ether oxygens (including phenoxy) is 1. The zero-order valence-corrected chi connectivity index (χ0v) is 12.4. The number of rotatable bonds is 3. The third-order valence-corrected chi connectivity index (χ3v) is 4.27. The first-order valence-electron chi connectivity index (χ1n) is 7.03. The van der Waals surface area contributed by atoms with Crippen molar-refractivity contribution in [1.29, 1.82) is 0 Å². The van der Waals surface area contributed by atoms with Gasteiger partial charge in [-0.1, -0.05) is 17.7 Å². The highest BCUT2D eigenvalue weighted by molar-refractivity contribution is 6.35. The summed E-state index contributed by atoms with van der Waals surface area (Å²) in [6.07, 6.45) is 4.07. The van der Waals surface area contributed by atoms with Gasteiger partial charge in [-0.3, -0.25) is 4.98 Å². The van der Waals surface area contributed by atoms with Crippen molar-refractivity contribution < 1.29 is 4.74 Å². The molecule has 1 aromatic heterocycles. The molecular formula is C16H19ClN2O. The van der Waals surface area contributed by atoms with Crippen molar-refractivity contribution >= 4 is 22.5 Å². The Morgan fingerprint density at radius 3 is 3.10 bits per heavy atom. The Kier molecular flexibility index (Phi) is 3.92. The van der Waals surface area contributed by atoms with E-state index in [2.05, 4.69) is 23.3 Å². The van der Waals surface area contributed by atoms with Gasteiger partial charge in [-0.25, -0.2) is 0 Å². The SMILES string of the molecule is CC1(NCc2ccc(Cl)c3cccnc23)CCCOC1. The van der Waals surface area contributed by atoms with E-state index in [-0.39, 0.29) is 5.54 Å². The van der Waals surface area contributed by atoms with Gasteiger partial charge in [0, 0.05) is 35.3 Å². The fraction of sp³-hybridized carbons (Fsp3) is 0.438. The first kappa shape index (κ1) is 13.8. The number of fused-ring (bicyclic) bond motifs is 1. The van der Waals surface area contributed by atoms with Crippen LogP contribution in [0, 0.1) is 0 Å². The molecule has 0 aliphatic carbocycles. The van der Waals surface area contributed by atoms with Gasteiger partial charge in [0.2, 0.25) is 0 Å². The first-order chi connectivity index (χ1) is 9.68. The van der Waals surface area contributed by atoms with E-state index in [1.54, 1.807) is 0 Å². The van der Waals surface area contributed by atoms with E-state index in [1.807, 2.05) is 24.4 Å². The topological polar surface area (TPSA) is 34.2 Å². The van der Waals surface area contributed by atoms with Crippen molar-refractivity contribution in [1.82, 2.24) is 10.3 Å². The third-order valence-electron chi connectivity index (χ3n) is 3.94. The first-order valence-corrected chi connectivity index (χ1v) is 7.41. The van der Waals surface area contributed by atoms with Crippen LogP contribution in [0.2, 0.25) is 5.02 Å². The molecule has 4 heteroatoms. The van der Waals surface area contributed by atoms with E-state index in [0.29, 0.717) is 0 Å². The zero-order chi connectivity index (χ0) is 14.0. The zero-order valence-electron chi connectivity index (χ0n) is 11.7. The minimum atomic E-state index is 0.0546. The fourth-order valence-corrected chi connectivity index (χ4v) is 2.94. The van der Waals surface area contributed by atoms with Crippen molar-refractivity contribution in [3.63, 3.8) is 0 Å². The maximum atomic E-state index is 6.22. The molecule has 1 N–H and O–H groups in total. The van der Waals surface area contributed by atoms with Crippen molar-refractivity contribution in [2.45, 2.75) is 31.8 Å². The Morgan fingerprint density at radius 1 is 1.40 bits per heavy atom. The molecule has 2 heterocycles. The Bertz CT molecular complexity index is 608. The lowest BCUT2D eigenvalue weighted by molar-refractivity contribution is 0.0278. The summed E-state index contributed by atoms with van der Waals surface area (Å²) < 4.78 is 5.58. The molecule has 106 valence electrons. The molecule has 1 aliphatic rings. The van der Waals surface area contributed by atoms with Gasteiger partial charge in [0.15, 0.2) is 0 Å². The largest absolute Gasteiger partial charge is 0.380 e. The van der Waals surface area contributed by atoms with Crippen molar-refractivity contribution in [3.05, 3.63) is 41.0 Å². The maximum Gasteiger partial charge on any atom is 0.0761 e. The molecule has 1 unspecified atom stereocenters. The molecule has 3 nitrogen and oxygen atoms in total. The molecule has 1 atom stereocenters. The monoisotopic (exact) mass is 290 g/mol. The third kappa shape index (κ3) is 2.80. The molecule has 1 aliphatic heterocycles. The predicted molar refractivity (Wildman–Crippen MR) is 82.1 cm³/mol. The summed E-state index contributed by atoms with van der Waals surface area (Å²) in [4.78, 5) is 4.47. The van der Waals surface area contributed by atoms with Crippen LogP contribution >= 0.6 is 11.6 Å². The van der Waals surface area contributed by atoms with Crippen LogP contribution in [0.5, 0.6) is 0 Å². The van der Waals surface area contributed by atoms with Gasteiger partial charge in [-0.2, -0.15) is 0 Å². The highest BCUT2D eigenvalue weighted by Gasteiger charge is 2.26. The van der Waals surface area contributed by atoms with Gasteiger partial charge in [0.05, 0.1) is 12.1 Å². The number of benzene rings is 1. The number of halogens is 1. The number of aromatic nitrogens is 1. The number of hydrogen-bond donors (Lipinski definition) is 1. The smallest absolute Gasteiger partial charge is 0.0761 e. The van der Waals surface area contributed by atoms with Crippen LogP contribution in [-0.4, -0.2) is 23.7 Å². The molecule has 0 bridgehead atoms. The van der Waals surface area contributed by atoms with E-state index in [4.69, 9.17) is 16.3 Å². The van der Waals surface area contributed by atoms with E-state index in [9.17, 15) is 0 Å². The molecule has 0 spiro atoms. The lowest BCUT2D eigenvalue weighted by atomic mass is 9.94. The van der Waals surface area contributed by atoms with Gasteiger partial charge in [0.1, 0.15) is 0 Å². The summed E-state index contributed by atoms with van der Waals surface area (Å²) in [5.74, 6) is 0. The molecule has 0 saturated carbocycles. The van der Waals surface area contributed by atoms with Crippen molar-refractivity contribution in [2.24, 2.45) is 0 Å². The molecule has 0 radical (unpaired) electrons. The van der Waals surface area contributed by atoms with Crippen LogP contribution in [0.3, 0.4) is 0 Å². The quantitative estimate of drug-likeness (QED) is 0.939. The maximum absolute atomic E-state index is 6.22. The lowest BCUT2D eigenvalue weighted by Crippen LogP contribution is -2.48. The second-order valence-corrected chi connectivity index (χ2v) is 6.08. The molecule has 1 aromatic carbocycles. The minimum absolute atomic E-state index is 0.0546. The summed E-state index contributed by atoms with van der Waals surface area (Å²) in [5, 5.41) is 5.38. The highest BCUT2D eigenvalue weighted by atomic mass is 35.5. The summed E-state index contributed by atoms with van der Waals surface area (Å²) in [7, 11) is 0. The van der Waals surface area contributed by atoms with Gasteiger partial charge in [0.25, 0.3) is 0 Å². The minimum Gasteiger partial charge on any atom is -0.380 e. The number of hydrogen-bond acceptors (Lipinski definition) is 3. The van der Waals surface area contributed by atoms with Crippen LogP contribution in [-0.2, 0) is 11.3 Å². The van der Waals surface area contributed by atoms with Crippen LogP contribution in [0.1, 0.15) is 25.3 Å². The molecular weight excluding hydrogens is 272 g/mol. The van der Waals surface area contributed by atoms with Crippen LogP contribution in [0.4, 0.5) is 0 Å². The molecule has 0 amide bonds. The normalized spacial score (nSPS) is 23.1. The Hall–Kier alpha value is -1.16. The lowest BCUT2D eigenvalue weighted by Gasteiger charge is -2.34. The molecule has 20 heavy (non-hydrogen) atoms. The second kappa shape index (κ2) is 5.68. The Balaban J connectivity index is 1.82. The summed E-state index contributed by atoms with van der Waals surface area (Å²) >= 11 is 6.22. The molecule has 1 saturated heterocycles. The average Bonchev–Trinajstić information content (AvgIpc) is 2.48. The molecule has 2 aromatic rings. The Morgan fingerprint density at radius 2 is 2.30 bits per heavy atom. The van der Waals surface area contributed by atoms with Crippen molar-refractivity contribution in [2.75, 3.05) is 13.2 Å². The molecule has 3 rings (SSSR count). The predicted octanol–water partition coefficient (Wildman–Crippen LogP) is 3.55. The standard InChI is InChI=1S/C16H19ClN2O/c1-16(7-3-9-20-11-16)19-10-12-5-6-14(17)13-4-2-8-18-15(12)13/h2,4-6,8,19H,3,7,9-11H2,1H3. The number of nitrogens with one attached hydrogen (secondary N) is 1. The number of nitrogens with zero attached hydrogens (tertiary/aromatic N) is 1. The van der Waals surface area contributed by atoms with Crippen LogP contribution < -0.4 is 5.32 Å². The molecule has 1 fully saturated rings. The van der Waals surface area contributed by atoms with Crippen LogP contribution in [0.15, 0.2) is 30.5 Å². The summed E-state index contributed by atoms with van der Waals surface area (Å²) in [6, 6.07) is 7.93. The second-order valence-electron chi connectivity index (χ2n) is 5.68. The Labute approximate surface area is 124 Å². The van der Waals surface area contributed by atoms with E-state index in [1.165, 1.54) is 5.56 Å². The fourth-order valence-electron chi connectivity index (χ4n) is 2.72. The van der Waals surface area contributed by atoms with Crippen LogP contribution in [0.25, 0.3) is 10.9 Å². The highest BCUT2D eigenvalue weighted by Crippen LogP contribution is 2.26. The van der Waals surface area contributed by atoms with Gasteiger partial charge in [-0.05, 0) is 43.5 Å².